The smallest absolute Gasteiger partial charge is 0.228 e. The highest BCUT2D eigenvalue weighted by molar-refractivity contribution is 6.04. The highest BCUT2D eigenvalue weighted by atomic mass is 16.1. The molecule has 0 heterocycles. The topological polar surface area (TPSA) is 34.1 Å². The fraction of sp³-hybridized carbons (Fsp3) is 0.222. The third kappa shape index (κ3) is 7.13. The van der Waals surface area contributed by atoms with E-state index in [0.717, 1.165) is 5.56 Å². The van der Waals surface area contributed by atoms with Crippen LogP contribution in [-0.4, -0.2) is 11.6 Å². The summed E-state index contributed by atoms with van der Waals surface area (Å²) in [6, 6.07) is 9.69. The second-order valence-corrected chi connectivity index (χ2v) is 4.23. The molecule has 2 heteroatoms. The molecule has 0 amide bonds. The van der Waals surface area contributed by atoms with Gasteiger partial charge in [-0.1, -0.05) is 48.4 Å². The number of hydrogen-bond donors (Lipinski definition) is 0. The summed E-state index contributed by atoms with van der Waals surface area (Å²) < 4.78 is 0. The van der Waals surface area contributed by atoms with Crippen LogP contribution in [0.4, 0.5) is 0 Å². The van der Waals surface area contributed by atoms with Gasteiger partial charge in [-0.3, -0.25) is 9.59 Å². The summed E-state index contributed by atoms with van der Waals surface area (Å²) in [5, 5.41) is 0. The van der Waals surface area contributed by atoms with Gasteiger partial charge in [-0.05, 0) is 37.0 Å². The van der Waals surface area contributed by atoms with Gasteiger partial charge < -0.3 is 0 Å². The van der Waals surface area contributed by atoms with Crippen molar-refractivity contribution in [3.05, 3.63) is 54.1 Å². The van der Waals surface area contributed by atoms with Gasteiger partial charge in [0, 0.05) is 12.8 Å². The van der Waals surface area contributed by atoms with Crippen molar-refractivity contribution in [1.29, 1.82) is 0 Å². The van der Waals surface area contributed by atoms with Crippen molar-refractivity contribution < 1.29 is 9.59 Å². The minimum absolute atomic E-state index is 0.0791. The Balaban J connectivity index is 2.27. The van der Waals surface area contributed by atoms with Crippen molar-refractivity contribution in [2.24, 2.45) is 0 Å². The second kappa shape index (κ2) is 9.52. The first-order valence-corrected chi connectivity index (χ1v) is 6.64. The first kappa shape index (κ1) is 15.7. The first-order valence-electron chi connectivity index (χ1n) is 6.64. The van der Waals surface area contributed by atoms with Gasteiger partial charge in [-0.25, -0.2) is 0 Å². The van der Waals surface area contributed by atoms with Crippen LogP contribution < -0.4 is 0 Å². The zero-order valence-electron chi connectivity index (χ0n) is 11.6. The Morgan fingerprint density at radius 3 is 2.60 bits per heavy atom. The minimum Gasteiger partial charge on any atom is -0.295 e. The standard InChI is InChI=1S/C18H18O2/c1-2-9-17(19)12-7-4-8-13-18(20)15-14-16-10-5-3-6-11-16/h2-3,5-6,9-11,14-15H,4,8,13H2,1H3/b9-2+,15-14+. The SMILES string of the molecule is C/C=C/C(=O)C#CCCCC(=O)/C=C/c1ccccc1. The van der Waals surface area contributed by atoms with Crippen LogP contribution in [0.25, 0.3) is 6.08 Å². The Morgan fingerprint density at radius 1 is 1.15 bits per heavy atom. The maximum atomic E-state index is 11.6. The molecule has 1 aromatic rings. The van der Waals surface area contributed by atoms with Gasteiger partial charge in [-0.15, -0.1) is 0 Å². The van der Waals surface area contributed by atoms with E-state index in [9.17, 15) is 9.59 Å². The Bertz CT molecular complexity index is 554. The predicted octanol–water partition coefficient (Wildman–Crippen LogP) is 3.59. The summed E-state index contributed by atoms with van der Waals surface area (Å²) >= 11 is 0. The molecule has 0 aliphatic heterocycles. The summed E-state index contributed by atoms with van der Waals surface area (Å²) in [6.45, 7) is 1.78. The third-order valence-electron chi connectivity index (χ3n) is 2.52. The molecule has 0 aliphatic carbocycles. The number of hydrogen-bond acceptors (Lipinski definition) is 2. The quantitative estimate of drug-likeness (QED) is 0.341. The summed E-state index contributed by atoms with van der Waals surface area (Å²) in [6.07, 6.45) is 8.19. The van der Waals surface area contributed by atoms with Crippen LogP contribution in [0.15, 0.2) is 48.6 Å². The van der Waals surface area contributed by atoms with E-state index in [4.69, 9.17) is 0 Å². The van der Waals surface area contributed by atoms with Crippen LogP contribution >= 0.6 is 0 Å². The lowest BCUT2D eigenvalue weighted by Crippen LogP contribution is -1.92. The van der Waals surface area contributed by atoms with Gasteiger partial charge >= 0.3 is 0 Å². The molecule has 0 spiro atoms. The zero-order valence-corrected chi connectivity index (χ0v) is 11.6. The van der Waals surface area contributed by atoms with Crippen LogP contribution in [-0.2, 0) is 9.59 Å². The number of ketones is 2. The Labute approximate surface area is 120 Å². The lowest BCUT2D eigenvalue weighted by molar-refractivity contribution is -0.114. The molecule has 0 N–H and O–H groups in total. The molecule has 1 aromatic carbocycles. The van der Waals surface area contributed by atoms with E-state index in [1.807, 2.05) is 36.4 Å². The van der Waals surface area contributed by atoms with Crippen LogP contribution in [0, 0.1) is 11.8 Å². The molecule has 102 valence electrons. The maximum Gasteiger partial charge on any atom is 0.228 e. The van der Waals surface area contributed by atoms with Crippen molar-refractivity contribution in [3.63, 3.8) is 0 Å². The third-order valence-corrected chi connectivity index (χ3v) is 2.52. The Hall–Kier alpha value is -2.40. The minimum atomic E-state index is -0.192. The molecule has 0 radical (unpaired) electrons. The second-order valence-electron chi connectivity index (χ2n) is 4.23. The van der Waals surface area contributed by atoms with Gasteiger partial charge in [0.1, 0.15) is 0 Å². The summed E-state index contributed by atoms with van der Waals surface area (Å²) in [5.74, 6) is 5.17. The van der Waals surface area contributed by atoms with Gasteiger partial charge in [0.15, 0.2) is 5.78 Å². The summed E-state index contributed by atoms with van der Waals surface area (Å²) in [5.41, 5.74) is 1.01. The molecule has 2 nitrogen and oxygen atoms in total. The van der Waals surface area contributed by atoms with E-state index in [1.54, 1.807) is 19.1 Å². The van der Waals surface area contributed by atoms with E-state index < -0.39 is 0 Å². The monoisotopic (exact) mass is 266 g/mol. The lowest BCUT2D eigenvalue weighted by atomic mass is 10.1. The van der Waals surface area contributed by atoms with Gasteiger partial charge in [0.05, 0.1) is 0 Å². The molecule has 0 saturated heterocycles. The van der Waals surface area contributed by atoms with Crippen LogP contribution in [0.3, 0.4) is 0 Å². The average Bonchev–Trinajstić information content (AvgIpc) is 2.46. The highest BCUT2D eigenvalue weighted by Gasteiger charge is 1.95. The van der Waals surface area contributed by atoms with Crippen LogP contribution in [0.5, 0.6) is 0 Å². The van der Waals surface area contributed by atoms with Crippen molar-refractivity contribution in [2.45, 2.75) is 26.2 Å². The van der Waals surface area contributed by atoms with Crippen LogP contribution in [0.2, 0.25) is 0 Å². The van der Waals surface area contributed by atoms with E-state index in [-0.39, 0.29) is 11.6 Å². The number of carbonyl (C=O) groups is 2. The van der Waals surface area contributed by atoms with E-state index in [0.29, 0.717) is 19.3 Å². The largest absolute Gasteiger partial charge is 0.295 e. The van der Waals surface area contributed by atoms with E-state index in [1.165, 1.54) is 6.08 Å². The number of allylic oxidation sites excluding steroid dienone is 3. The molecule has 20 heavy (non-hydrogen) atoms. The average molecular weight is 266 g/mol. The lowest BCUT2D eigenvalue weighted by Gasteiger charge is -1.93. The molecular weight excluding hydrogens is 248 g/mol. The van der Waals surface area contributed by atoms with E-state index in [2.05, 4.69) is 11.8 Å². The molecule has 0 bridgehead atoms. The molecule has 1 rings (SSSR count). The molecule has 0 saturated carbocycles. The fourth-order valence-corrected chi connectivity index (χ4v) is 1.53. The van der Waals surface area contributed by atoms with Crippen molar-refractivity contribution in [1.82, 2.24) is 0 Å². The molecule has 0 unspecified atom stereocenters. The van der Waals surface area contributed by atoms with Crippen molar-refractivity contribution in [2.75, 3.05) is 0 Å². The van der Waals surface area contributed by atoms with Crippen LogP contribution in [0.1, 0.15) is 31.7 Å². The summed E-state index contributed by atoms with van der Waals surface area (Å²) in [7, 11) is 0. The number of benzene rings is 1. The van der Waals surface area contributed by atoms with Crippen molar-refractivity contribution in [3.8, 4) is 11.8 Å². The molecule has 0 aromatic heterocycles. The summed E-state index contributed by atoms with van der Waals surface area (Å²) in [4.78, 5) is 22.7. The molecule has 0 fully saturated rings. The van der Waals surface area contributed by atoms with E-state index >= 15 is 0 Å². The fourth-order valence-electron chi connectivity index (χ4n) is 1.53. The maximum absolute atomic E-state index is 11.6. The number of rotatable bonds is 6. The Kier molecular flexibility index (Phi) is 7.45. The molecular formula is C18H18O2. The predicted molar refractivity (Wildman–Crippen MR) is 81.9 cm³/mol. The number of unbranched alkanes of at least 4 members (excludes halogenated alkanes) is 1. The van der Waals surface area contributed by atoms with Gasteiger partial charge in [0.2, 0.25) is 5.78 Å². The highest BCUT2D eigenvalue weighted by Crippen LogP contribution is 2.03. The normalized spacial score (nSPS) is 10.4. The number of carbonyl (C=O) groups excluding carboxylic acids is 2. The molecule has 0 aliphatic rings. The Morgan fingerprint density at radius 2 is 1.90 bits per heavy atom. The zero-order chi connectivity index (χ0) is 14.6. The van der Waals surface area contributed by atoms with Gasteiger partial charge in [-0.2, -0.15) is 0 Å². The first-order chi connectivity index (χ1) is 9.72. The van der Waals surface area contributed by atoms with Crippen molar-refractivity contribution >= 4 is 17.6 Å². The van der Waals surface area contributed by atoms with Gasteiger partial charge in [0.25, 0.3) is 0 Å². The molecule has 0 atom stereocenters.